The molecule has 0 atom stereocenters. The van der Waals surface area contributed by atoms with E-state index >= 15 is 0 Å². The molecule has 0 aliphatic carbocycles. The summed E-state index contributed by atoms with van der Waals surface area (Å²) in [7, 11) is -0.403. The SMILES string of the molecule is CC1(C)OB(c2c3ccccc3c(-c3ccccc3)c3ccccc23)OC1(C)C.Clc1ccc2oc3c4oc5ccccc5c4c4ccccc4c3c2c1.c1ccc(-c2c3ccccc3c(-c3ccc4oc5c6oc7ccccc7c6c6ccccc6c5c4c3)c3ccccc23)cc1. The third-order valence-corrected chi connectivity index (χ3v) is 20.9. The standard InChI is InChI=1S/C42H24O2.C26H25BO2.C22H11ClO2/c1-2-12-25(13-3-1)37-27-14-4-6-16-29(27)38(30-17-7-5-15-28(30)37)26-22-23-36-34(24-26)40-32-19-9-8-18-31(32)39-33-20-10-11-21-35(33)43-41(39)42(40)44-36;1-25(2)26(3,4)29-27(28-25)24-21-16-10-8-14-19(21)23(18-12-6-5-7-13-18)20-15-9-11-17-22(20)24;23-12-9-10-18-16(11-12)20-14-6-2-1-5-13(14)19-15-7-3-4-8-17(15)24-21(19)22(20)25-18/h1-24H;5-17H,1-4H3;1-11H. The molecule has 466 valence electrons. The van der Waals surface area contributed by atoms with Crippen molar-refractivity contribution in [2.24, 2.45) is 0 Å². The lowest BCUT2D eigenvalue weighted by atomic mass is 9.71. The van der Waals surface area contributed by atoms with Crippen molar-refractivity contribution in [2.45, 2.75) is 38.9 Å². The molecule has 6 nitrogen and oxygen atoms in total. The van der Waals surface area contributed by atoms with Gasteiger partial charge in [-0.3, -0.25) is 0 Å². The van der Waals surface area contributed by atoms with E-state index in [1.54, 1.807) is 0 Å². The van der Waals surface area contributed by atoms with Gasteiger partial charge in [0.25, 0.3) is 0 Å². The second-order valence-electron chi connectivity index (χ2n) is 26.7. The molecular formula is C90H60BClO6. The summed E-state index contributed by atoms with van der Waals surface area (Å²) in [5, 5.41) is 23.8. The van der Waals surface area contributed by atoms with Crippen LogP contribution in [0.25, 0.3) is 186 Å². The molecule has 8 heteroatoms. The lowest BCUT2D eigenvalue weighted by molar-refractivity contribution is 0.00578. The molecule has 20 aromatic rings. The van der Waals surface area contributed by atoms with Gasteiger partial charge in [0.05, 0.1) is 11.2 Å². The summed E-state index contributed by atoms with van der Waals surface area (Å²) in [6.07, 6.45) is 0. The molecule has 0 amide bonds. The molecule has 21 rings (SSSR count). The molecular weight excluding hydrogens is 1220 g/mol. The van der Waals surface area contributed by atoms with Gasteiger partial charge in [-0.1, -0.05) is 260 Å². The fourth-order valence-electron chi connectivity index (χ4n) is 15.6. The second kappa shape index (κ2) is 22.3. The number of halogens is 1. The van der Waals surface area contributed by atoms with Crippen LogP contribution in [0.4, 0.5) is 0 Å². The maximum absolute atomic E-state index is 6.65. The number of para-hydroxylation sites is 2. The van der Waals surface area contributed by atoms with Crippen LogP contribution in [-0.2, 0) is 9.31 Å². The Hall–Kier alpha value is -11.4. The Morgan fingerprint density at radius 1 is 0.245 bits per heavy atom. The minimum absolute atomic E-state index is 0.377. The topological polar surface area (TPSA) is 71.0 Å². The van der Waals surface area contributed by atoms with Gasteiger partial charge in [0.1, 0.15) is 22.3 Å². The predicted molar refractivity (Wildman–Crippen MR) is 411 cm³/mol. The smallest absolute Gasteiger partial charge is 0.452 e. The van der Waals surface area contributed by atoms with Crippen LogP contribution in [0.1, 0.15) is 27.7 Å². The third-order valence-electron chi connectivity index (χ3n) is 20.7. The van der Waals surface area contributed by atoms with Gasteiger partial charge in [-0.25, -0.2) is 0 Å². The molecule has 1 aliphatic heterocycles. The molecule has 0 radical (unpaired) electrons. The minimum atomic E-state index is -0.403. The molecule has 1 saturated heterocycles. The Bertz CT molecular complexity index is 6520. The number of hydrogen-bond acceptors (Lipinski definition) is 6. The first kappa shape index (κ1) is 58.0. The Labute approximate surface area is 568 Å². The number of hydrogen-bond donors (Lipinski definition) is 0. The molecule has 1 fully saturated rings. The van der Waals surface area contributed by atoms with Gasteiger partial charge < -0.3 is 27.0 Å². The molecule has 1 aliphatic rings. The zero-order valence-corrected chi connectivity index (χ0v) is 54.9. The molecule has 0 N–H and O–H groups in total. The average molecular weight is 1280 g/mol. The molecule has 4 aromatic heterocycles. The van der Waals surface area contributed by atoms with Crippen LogP contribution < -0.4 is 5.46 Å². The highest BCUT2D eigenvalue weighted by Gasteiger charge is 2.52. The number of rotatable bonds is 4. The van der Waals surface area contributed by atoms with Gasteiger partial charge in [-0.2, -0.15) is 0 Å². The van der Waals surface area contributed by atoms with Crippen LogP contribution in [0.2, 0.25) is 5.02 Å². The van der Waals surface area contributed by atoms with Crippen LogP contribution in [0.15, 0.2) is 309 Å². The summed E-state index contributed by atoms with van der Waals surface area (Å²) in [6.45, 7) is 8.43. The van der Waals surface area contributed by atoms with Crippen LogP contribution in [0.5, 0.6) is 0 Å². The van der Waals surface area contributed by atoms with E-state index in [1.165, 1.54) is 87.2 Å². The Morgan fingerprint density at radius 2 is 0.520 bits per heavy atom. The van der Waals surface area contributed by atoms with E-state index in [4.69, 9.17) is 38.6 Å². The van der Waals surface area contributed by atoms with E-state index in [2.05, 4.69) is 270 Å². The zero-order chi connectivity index (χ0) is 65.5. The van der Waals surface area contributed by atoms with Gasteiger partial charge >= 0.3 is 7.12 Å². The predicted octanol–water partition coefficient (Wildman–Crippen LogP) is 25.5. The van der Waals surface area contributed by atoms with Crippen molar-refractivity contribution in [3.8, 4) is 33.4 Å². The molecule has 16 aromatic carbocycles. The normalized spacial score (nSPS) is 13.8. The lowest BCUT2D eigenvalue weighted by Gasteiger charge is -2.32. The van der Waals surface area contributed by atoms with E-state index in [0.29, 0.717) is 5.02 Å². The van der Waals surface area contributed by atoms with Crippen molar-refractivity contribution in [3.05, 3.63) is 296 Å². The average Bonchev–Trinajstić information content (AvgIpc) is 1.66. The first-order valence-corrected chi connectivity index (χ1v) is 33.8. The van der Waals surface area contributed by atoms with Gasteiger partial charge in [-0.05, 0) is 174 Å². The largest absolute Gasteiger partial charge is 0.496 e. The second-order valence-corrected chi connectivity index (χ2v) is 27.1. The van der Waals surface area contributed by atoms with Crippen LogP contribution in [0, 0.1) is 0 Å². The first-order valence-electron chi connectivity index (χ1n) is 33.4. The Balaban J connectivity index is 0.000000109. The van der Waals surface area contributed by atoms with E-state index in [1.807, 2.05) is 48.5 Å². The molecule has 0 bridgehead atoms. The Morgan fingerprint density at radius 3 is 0.908 bits per heavy atom. The summed E-state index contributed by atoms with van der Waals surface area (Å²) in [4.78, 5) is 0. The maximum atomic E-state index is 6.65. The van der Waals surface area contributed by atoms with Crippen LogP contribution in [-0.4, -0.2) is 18.3 Å². The Kier molecular flexibility index (Phi) is 13.2. The molecule has 98 heavy (non-hydrogen) atoms. The summed E-state index contributed by atoms with van der Waals surface area (Å²) < 4.78 is 38.5. The van der Waals surface area contributed by atoms with Gasteiger partial charge in [0, 0.05) is 48.1 Å². The van der Waals surface area contributed by atoms with Crippen molar-refractivity contribution in [1.82, 2.24) is 0 Å². The molecule has 0 saturated carbocycles. The van der Waals surface area contributed by atoms with E-state index < -0.39 is 7.12 Å². The summed E-state index contributed by atoms with van der Waals surface area (Å²) in [6, 6.07) is 102. The lowest BCUT2D eigenvalue weighted by Crippen LogP contribution is -2.41. The van der Waals surface area contributed by atoms with Crippen molar-refractivity contribution >= 4 is 177 Å². The van der Waals surface area contributed by atoms with Crippen molar-refractivity contribution < 1.29 is 27.0 Å². The summed E-state index contributed by atoms with van der Waals surface area (Å²) >= 11 is 6.24. The van der Waals surface area contributed by atoms with E-state index in [-0.39, 0.29) is 11.2 Å². The quantitative estimate of drug-likeness (QED) is 0.129. The van der Waals surface area contributed by atoms with Crippen LogP contribution in [0.3, 0.4) is 0 Å². The van der Waals surface area contributed by atoms with Crippen molar-refractivity contribution in [3.63, 3.8) is 0 Å². The van der Waals surface area contributed by atoms with E-state index in [0.717, 1.165) is 104 Å². The highest BCUT2D eigenvalue weighted by molar-refractivity contribution is 6.69. The fraction of sp³-hybridized carbons (Fsp3) is 0.0667. The maximum Gasteiger partial charge on any atom is 0.496 e. The zero-order valence-electron chi connectivity index (χ0n) is 54.1. The number of fused-ring (bicyclic) bond motifs is 24. The van der Waals surface area contributed by atoms with Crippen molar-refractivity contribution in [2.75, 3.05) is 0 Å². The highest BCUT2D eigenvalue weighted by atomic mass is 35.5. The summed E-state index contributed by atoms with van der Waals surface area (Å²) in [5.74, 6) is 0. The van der Waals surface area contributed by atoms with Gasteiger partial charge in [0.2, 0.25) is 0 Å². The third kappa shape index (κ3) is 8.90. The monoisotopic (exact) mass is 1280 g/mol. The van der Waals surface area contributed by atoms with Crippen molar-refractivity contribution in [1.29, 1.82) is 0 Å². The first-order chi connectivity index (χ1) is 48.0. The minimum Gasteiger partial charge on any atom is -0.452 e. The highest BCUT2D eigenvalue weighted by Crippen LogP contribution is 2.50. The molecule has 5 heterocycles. The molecule has 0 unspecified atom stereocenters. The fourth-order valence-corrected chi connectivity index (χ4v) is 15.8. The summed E-state index contributed by atoms with van der Waals surface area (Å²) in [5.41, 5.74) is 14.4. The molecule has 0 spiro atoms. The number of benzene rings is 16. The van der Waals surface area contributed by atoms with E-state index in [9.17, 15) is 0 Å². The van der Waals surface area contributed by atoms with Gasteiger partial charge in [0.15, 0.2) is 22.3 Å². The number of furan rings is 4. The van der Waals surface area contributed by atoms with Gasteiger partial charge in [-0.15, -0.1) is 0 Å². The van der Waals surface area contributed by atoms with Crippen LogP contribution >= 0.6 is 11.6 Å².